The van der Waals surface area contributed by atoms with Crippen LogP contribution in [-0.4, -0.2) is 21.9 Å². The third kappa shape index (κ3) is 4.37. The third-order valence-electron chi connectivity index (χ3n) is 3.20. The Hall–Kier alpha value is -3.22. The lowest BCUT2D eigenvalue weighted by atomic mass is 10.1. The van der Waals surface area contributed by atoms with Crippen LogP contribution in [0.15, 0.2) is 54.6 Å². The number of rotatable bonds is 6. The molecule has 0 bridgehead atoms. The molecule has 1 atom stereocenters. The number of nitro benzene ring substituents is 1. The fraction of sp³-hybridized carbons (Fsp3) is 0.125. The zero-order chi connectivity index (χ0) is 16.8. The van der Waals surface area contributed by atoms with Gasteiger partial charge in [0.2, 0.25) is 5.91 Å². The monoisotopic (exact) mass is 314 g/mol. The molecule has 0 spiro atoms. The highest BCUT2D eigenvalue weighted by atomic mass is 16.6. The molecular weight excluding hydrogens is 300 g/mol. The summed E-state index contributed by atoms with van der Waals surface area (Å²) < 4.78 is 0. The molecule has 2 N–H and O–H groups in total. The van der Waals surface area contributed by atoms with Crippen LogP contribution in [0.25, 0.3) is 0 Å². The number of aliphatic carboxylic acids is 1. The number of nitrogens with zero attached hydrogens (tertiary/aromatic N) is 1. The molecule has 0 saturated carbocycles. The van der Waals surface area contributed by atoms with Crippen molar-refractivity contribution in [1.82, 2.24) is 5.32 Å². The van der Waals surface area contributed by atoms with Crippen LogP contribution >= 0.6 is 0 Å². The fourth-order valence-electron chi connectivity index (χ4n) is 2.07. The Labute approximate surface area is 131 Å². The van der Waals surface area contributed by atoms with Crippen molar-refractivity contribution in [2.45, 2.75) is 12.5 Å². The Morgan fingerprint density at radius 2 is 1.70 bits per heavy atom. The summed E-state index contributed by atoms with van der Waals surface area (Å²) in [6, 6.07) is 12.8. The SMILES string of the molecule is O=C(Cc1ccc([N+](=O)[O-])cc1)NC(C(=O)O)c1ccccc1. The van der Waals surface area contributed by atoms with Crippen molar-refractivity contribution in [3.8, 4) is 0 Å². The van der Waals surface area contributed by atoms with E-state index in [1.165, 1.54) is 24.3 Å². The van der Waals surface area contributed by atoms with Gasteiger partial charge in [-0.1, -0.05) is 42.5 Å². The summed E-state index contributed by atoms with van der Waals surface area (Å²) in [4.78, 5) is 33.4. The molecule has 7 heteroatoms. The Balaban J connectivity index is 2.05. The molecule has 0 aliphatic carbocycles. The van der Waals surface area contributed by atoms with Gasteiger partial charge < -0.3 is 10.4 Å². The lowest BCUT2D eigenvalue weighted by Crippen LogP contribution is -2.34. The summed E-state index contributed by atoms with van der Waals surface area (Å²) in [5, 5.41) is 22.3. The van der Waals surface area contributed by atoms with Crippen LogP contribution in [0.1, 0.15) is 17.2 Å². The molecule has 2 aromatic carbocycles. The minimum atomic E-state index is -1.16. The van der Waals surface area contributed by atoms with Crippen LogP contribution in [-0.2, 0) is 16.0 Å². The molecule has 0 aliphatic rings. The number of nitro groups is 1. The smallest absolute Gasteiger partial charge is 0.330 e. The van der Waals surface area contributed by atoms with E-state index in [1.807, 2.05) is 0 Å². The van der Waals surface area contributed by atoms with E-state index < -0.39 is 22.8 Å². The fourth-order valence-corrected chi connectivity index (χ4v) is 2.07. The van der Waals surface area contributed by atoms with Gasteiger partial charge in [-0.2, -0.15) is 0 Å². The van der Waals surface area contributed by atoms with E-state index >= 15 is 0 Å². The van der Waals surface area contributed by atoms with Crippen molar-refractivity contribution in [3.63, 3.8) is 0 Å². The summed E-state index contributed by atoms with van der Waals surface area (Å²) >= 11 is 0. The first-order valence-corrected chi connectivity index (χ1v) is 6.78. The van der Waals surface area contributed by atoms with Gasteiger partial charge in [-0.15, -0.1) is 0 Å². The van der Waals surface area contributed by atoms with Crippen LogP contribution in [0, 0.1) is 10.1 Å². The number of carbonyl (C=O) groups excluding carboxylic acids is 1. The van der Waals surface area contributed by atoms with Crippen molar-refractivity contribution < 1.29 is 19.6 Å². The van der Waals surface area contributed by atoms with Gasteiger partial charge in [-0.25, -0.2) is 4.79 Å². The molecule has 0 heterocycles. The molecule has 0 radical (unpaired) electrons. The first-order chi connectivity index (χ1) is 11.0. The second-order valence-corrected chi connectivity index (χ2v) is 4.85. The summed E-state index contributed by atoms with van der Waals surface area (Å²) in [6.45, 7) is 0. The van der Waals surface area contributed by atoms with E-state index in [0.29, 0.717) is 11.1 Å². The number of non-ortho nitro benzene ring substituents is 1. The summed E-state index contributed by atoms with van der Waals surface area (Å²) in [6.07, 6.45) is -0.0609. The molecule has 1 amide bonds. The molecule has 1 unspecified atom stereocenters. The Kier molecular flexibility index (Phi) is 5.03. The topological polar surface area (TPSA) is 110 Å². The minimum Gasteiger partial charge on any atom is -0.479 e. The summed E-state index contributed by atoms with van der Waals surface area (Å²) in [5.74, 6) is -1.64. The minimum absolute atomic E-state index is 0.0609. The molecule has 0 fully saturated rings. The van der Waals surface area contributed by atoms with Gasteiger partial charge in [-0.3, -0.25) is 14.9 Å². The Morgan fingerprint density at radius 1 is 1.09 bits per heavy atom. The Bertz CT molecular complexity index is 713. The maximum absolute atomic E-state index is 12.0. The zero-order valence-electron chi connectivity index (χ0n) is 12.0. The van der Waals surface area contributed by atoms with E-state index in [9.17, 15) is 24.8 Å². The van der Waals surface area contributed by atoms with Crippen LogP contribution in [0.5, 0.6) is 0 Å². The number of hydrogen-bond acceptors (Lipinski definition) is 4. The highest BCUT2D eigenvalue weighted by Crippen LogP contribution is 2.15. The van der Waals surface area contributed by atoms with E-state index in [0.717, 1.165) is 0 Å². The first kappa shape index (κ1) is 16.2. The quantitative estimate of drug-likeness (QED) is 0.626. The number of amides is 1. The molecule has 118 valence electrons. The summed E-state index contributed by atoms with van der Waals surface area (Å²) in [5.41, 5.74) is 0.962. The van der Waals surface area contributed by atoms with Crippen LogP contribution in [0.2, 0.25) is 0 Å². The molecule has 23 heavy (non-hydrogen) atoms. The predicted octanol–water partition coefficient (Wildman–Crippen LogP) is 2.08. The number of nitrogens with one attached hydrogen (secondary N) is 1. The number of carboxylic acids is 1. The second kappa shape index (κ2) is 7.17. The van der Waals surface area contributed by atoms with Crippen LogP contribution in [0.3, 0.4) is 0 Å². The lowest BCUT2D eigenvalue weighted by molar-refractivity contribution is -0.384. The average Bonchev–Trinajstić information content (AvgIpc) is 2.53. The van der Waals surface area contributed by atoms with Gasteiger partial charge in [0.25, 0.3) is 5.69 Å². The second-order valence-electron chi connectivity index (χ2n) is 4.85. The van der Waals surface area contributed by atoms with Crippen molar-refractivity contribution >= 4 is 17.6 Å². The van der Waals surface area contributed by atoms with Crippen LogP contribution < -0.4 is 5.32 Å². The maximum Gasteiger partial charge on any atom is 0.330 e. The number of benzene rings is 2. The van der Waals surface area contributed by atoms with Crippen molar-refractivity contribution in [2.75, 3.05) is 0 Å². The maximum atomic E-state index is 12.0. The van der Waals surface area contributed by atoms with Gasteiger partial charge in [0.1, 0.15) is 0 Å². The Morgan fingerprint density at radius 3 is 2.22 bits per heavy atom. The molecular formula is C16H14N2O5. The van der Waals surface area contributed by atoms with E-state index in [4.69, 9.17) is 0 Å². The van der Waals surface area contributed by atoms with E-state index in [1.54, 1.807) is 30.3 Å². The van der Waals surface area contributed by atoms with Crippen LogP contribution in [0.4, 0.5) is 5.69 Å². The van der Waals surface area contributed by atoms with Gasteiger partial charge in [0.15, 0.2) is 6.04 Å². The van der Waals surface area contributed by atoms with Crippen molar-refractivity contribution in [2.24, 2.45) is 0 Å². The number of carbonyl (C=O) groups is 2. The zero-order valence-corrected chi connectivity index (χ0v) is 12.0. The lowest BCUT2D eigenvalue weighted by Gasteiger charge is -2.14. The predicted molar refractivity (Wildman–Crippen MR) is 81.8 cm³/mol. The first-order valence-electron chi connectivity index (χ1n) is 6.78. The standard InChI is InChI=1S/C16H14N2O5/c19-14(10-11-6-8-13(9-7-11)18(22)23)17-15(16(20)21)12-4-2-1-3-5-12/h1-9,15H,10H2,(H,17,19)(H,20,21). The molecule has 7 nitrogen and oxygen atoms in total. The van der Waals surface area contributed by atoms with E-state index in [-0.39, 0.29) is 12.1 Å². The van der Waals surface area contributed by atoms with E-state index in [2.05, 4.69) is 5.32 Å². The molecule has 2 rings (SSSR count). The summed E-state index contributed by atoms with van der Waals surface area (Å²) in [7, 11) is 0. The number of carboxylic acid groups (broad SMARTS) is 1. The highest BCUT2D eigenvalue weighted by Gasteiger charge is 2.21. The largest absolute Gasteiger partial charge is 0.479 e. The molecule has 2 aromatic rings. The highest BCUT2D eigenvalue weighted by molar-refractivity contribution is 5.85. The number of hydrogen-bond donors (Lipinski definition) is 2. The van der Waals surface area contributed by atoms with Crippen molar-refractivity contribution in [1.29, 1.82) is 0 Å². The molecule has 0 saturated heterocycles. The third-order valence-corrected chi connectivity index (χ3v) is 3.20. The molecule has 0 aliphatic heterocycles. The normalized spacial score (nSPS) is 11.5. The van der Waals surface area contributed by atoms with Gasteiger partial charge in [0, 0.05) is 12.1 Å². The molecule has 0 aromatic heterocycles. The van der Waals surface area contributed by atoms with Crippen molar-refractivity contribution in [3.05, 3.63) is 75.8 Å². The van der Waals surface area contributed by atoms with Gasteiger partial charge in [-0.05, 0) is 11.1 Å². The van der Waals surface area contributed by atoms with Gasteiger partial charge >= 0.3 is 5.97 Å². The average molecular weight is 314 g/mol. The van der Waals surface area contributed by atoms with Gasteiger partial charge in [0.05, 0.1) is 11.3 Å².